The van der Waals surface area contributed by atoms with E-state index in [1.165, 1.54) is 0 Å². The number of hydrogen-bond donors (Lipinski definition) is 0. The highest BCUT2D eigenvalue weighted by Gasteiger charge is 2.30. The minimum absolute atomic E-state index is 0.112. The molecule has 0 N–H and O–H groups in total. The molecule has 0 unspecified atom stereocenters. The Labute approximate surface area is 156 Å². The summed E-state index contributed by atoms with van der Waals surface area (Å²) in [6.45, 7) is 1.51. The van der Waals surface area contributed by atoms with E-state index in [0.717, 1.165) is 35.3 Å². The molecule has 2 fully saturated rings. The molecule has 2 aliphatic rings. The van der Waals surface area contributed by atoms with Crippen LogP contribution in [0.1, 0.15) is 23.2 Å². The Bertz CT molecular complexity index is 817. The van der Waals surface area contributed by atoms with Crippen LogP contribution >= 0.6 is 0 Å². The van der Waals surface area contributed by atoms with Crippen molar-refractivity contribution < 1.29 is 31.9 Å². The van der Waals surface area contributed by atoms with Gasteiger partial charge in [-0.15, -0.1) is 0 Å². The first-order valence-electron chi connectivity index (χ1n) is 8.72. The van der Waals surface area contributed by atoms with Crippen LogP contribution in [0.2, 0.25) is 0 Å². The van der Waals surface area contributed by atoms with Crippen molar-refractivity contribution in [2.45, 2.75) is 17.7 Å². The molecule has 3 rings (SSSR count). The number of sulfonamides is 1. The number of likely N-dealkylation sites (tertiary alicyclic amines) is 1. The van der Waals surface area contributed by atoms with Crippen molar-refractivity contribution in [3.63, 3.8) is 0 Å². The fourth-order valence-corrected chi connectivity index (χ4v) is 4.52. The first-order valence-corrected chi connectivity index (χ1v) is 10.2. The van der Waals surface area contributed by atoms with Crippen LogP contribution in [-0.2, 0) is 24.3 Å². The van der Waals surface area contributed by atoms with Crippen LogP contribution in [0, 0.1) is 5.82 Å². The van der Waals surface area contributed by atoms with Gasteiger partial charge in [0.05, 0.1) is 18.8 Å². The Hall–Kier alpha value is -2.04. The molecule has 10 heteroatoms. The van der Waals surface area contributed by atoms with E-state index in [4.69, 9.17) is 9.47 Å². The molecule has 0 aromatic heterocycles. The molecule has 27 heavy (non-hydrogen) atoms. The summed E-state index contributed by atoms with van der Waals surface area (Å²) in [6, 6.07) is 2.99. The molecule has 1 aromatic carbocycles. The Morgan fingerprint density at radius 1 is 1.11 bits per heavy atom. The van der Waals surface area contributed by atoms with E-state index in [-0.39, 0.29) is 37.8 Å². The van der Waals surface area contributed by atoms with Gasteiger partial charge in [0.15, 0.2) is 6.61 Å². The van der Waals surface area contributed by atoms with Gasteiger partial charge in [-0.1, -0.05) is 0 Å². The number of halogens is 1. The minimum Gasteiger partial charge on any atom is -0.452 e. The Balaban J connectivity index is 1.72. The van der Waals surface area contributed by atoms with Crippen LogP contribution in [0.15, 0.2) is 23.1 Å². The van der Waals surface area contributed by atoms with Gasteiger partial charge in [0.1, 0.15) is 10.7 Å². The molecule has 0 radical (unpaired) electrons. The second-order valence-corrected chi connectivity index (χ2v) is 8.23. The fraction of sp³-hybridized carbons (Fsp3) is 0.529. The smallest absolute Gasteiger partial charge is 0.338 e. The Morgan fingerprint density at radius 2 is 1.78 bits per heavy atom. The van der Waals surface area contributed by atoms with E-state index >= 15 is 0 Å². The molecular formula is C17H21FN2O6S. The second-order valence-electron chi connectivity index (χ2n) is 6.33. The normalized spacial score (nSPS) is 18.5. The number of carbonyl (C=O) groups is 2. The molecule has 2 saturated heterocycles. The number of nitrogens with zero attached hydrogens (tertiary/aromatic N) is 2. The molecule has 2 heterocycles. The predicted molar refractivity (Wildman–Crippen MR) is 92.1 cm³/mol. The summed E-state index contributed by atoms with van der Waals surface area (Å²) >= 11 is 0. The third-order valence-electron chi connectivity index (χ3n) is 4.54. The van der Waals surface area contributed by atoms with Crippen molar-refractivity contribution in [2.24, 2.45) is 0 Å². The highest BCUT2D eigenvalue weighted by molar-refractivity contribution is 7.89. The van der Waals surface area contributed by atoms with Crippen molar-refractivity contribution in [1.29, 1.82) is 0 Å². The summed E-state index contributed by atoms with van der Waals surface area (Å²) in [6.07, 6.45) is 1.83. The third-order valence-corrected chi connectivity index (χ3v) is 6.45. The first kappa shape index (κ1) is 19.7. The van der Waals surface area contributed by atoms with Gasteiger partial charge in [0, 0.05) is 26.2 Å². The van der Waals surface area contributed by atoms with Crippen molar-refractivity contribution in [2.75, 3.05) is 46.0 Å². The zero-order chi connectivity index (χ0) is 19.4. The van der Waals surface area contributed by atoms with Gasteiger partial charge in [0.2, 0.25) is 10.0 Å². The Kier molecular flexibility index (Phi) is 6.08. The largest absolute Gasteiger partial charge is 0.452 e. The number of rotatable bonds is 5. The van der Waals surface area contributed by atoms with Crippen molar-refractivity contribution in [1.82, 2.24) is 9.21 Å². The lowest BCUT2D eigenvalue weighted by molar-refractivity contribution is -0.133. The summed E-state index contributed by atoms with van der Waals surface area (Å²) < 4.78 is 50.6. The average Bonchev–Trinajstić information content (AvgIpc) is 3.21. The lowest BCUT2D eigenvalue weighted by Crippen LogP contribution is -2.41. The standard InChI is InChI=1S/C17H21FN2O6S/c18-14-4-3-13(17(22)26-12-16(21)19-5-1-2-6-19)11-15(14)27(23,24)20-7-9-25-10-8-20/h3-4,11H,1-2,5-10,12H2. The quantitative estimate of drug-likeness (QED) is 0.673. The molecule has 0 atom stereocenters. The fourth-order valence-electron chi connectivity index (χ4n) is 3.02. The molecule has 0 saturated carbocycles. The summed E-state index contributed by atoms with van der Waals surface area (Å²) in [5.41, 5.74) is -0.127. The van der Waals surface area contributed by atoms with Crippen LogP contribution in [0.25, 0.3) is 0 Å². The van der Waals surface area contributed by atoms with E-state index < -0.39 is 33.3 Å². The molecule has 1 aromatic rings. The highest BCUT2D eigenvalue weighted by Crippen LogP contribution is 2.22. The maximum atomic E-state index is 14.2. The van der Waals surface area contributed by atoms with Crippen molar-refractivity contribution >= 4 is 21.9 Å². The van der Waals surface area contributed by atoms with Crippen LogP contribution in [-0.4, -0.2) is 75.5 Å². The van der Waals surface area contributed by atoms with Gasteiger partial charge < -0.3 is 14.4 Å². The number of benzene rings is 1. The molecule has 0 spiro atoms. The number of ether oxygens (including phenoxy) is 2. The van der Waals surface area contributed by atoms with E-state index in [0.29, 0.717) is 13.1 Å². The molecule has 8 nitrogen and oxygen atoms in total. The van der Waals surface area contributed by atoms with Crippen LogP contribution in [0.5, 0.6) is 0 Å². The maximum Gasteiger partial charge on any atom is 0.338 e. The van der Waals surface area contributed by atoms with Crippen LogP contribution in [0.4, 0.5) is 4.39 Å². The number of morpholine rings is 1. The number of esters is 1. The predicted octanol–water partition coefficient (Wildman–Crippen LogP) is 0.626. The van der Waals surface area contributed by atoms with Gasteiger partial charge in [-0.2, -0.15) is 4.31 Å². The monoisotopic (exact) mass is 400 g/mol. The van der Waals surface area contributed by atoms with E-state index in [1.54, 1.807) is 4.90 Å². The summed E-state index contributed by atoms with van der Waals surface area (Å²) in [4.78, 5) is 25.1. The lowest BCUT2D eigenvalue weighted by Gasteiger charge is -2.26. The van der Waals surface area contributed by atoms with Gasteiger partial charge >= 0.3 is 5.97 Å². The molecular weight excluding hydrogens is 379 g/mol. The third kappa shape index (κ3) is 4.45. The topological polar surface area (TPSA) is 93.2 Å². The van der Waals surface area contributed by atoms with Crippen molar-refractivity contribution in [3.05, 3.63) is 29.6 Å². The van der Waals surface area contributed by atoms with E-state index in [9.17, 15) is 22.4 Å². The van der Waals surface area contributed by atoms with Gasteiger partial charge in [-0.05, 0) is 31.0 Å². The van der Waals surface area contributed by atoms with E-state index in [1.807, 2.05) is 0 Å². The van der Waals surface area contributed by atoms with Gasteiger partial charge in [-0.3, -0.25) is 4.79 Å². The number of amides is 1. The summed E-state index contributed by atoms with van der Waals surface area (Å²) in [5.74, 6) is -2.13. The highest BCUT2D eigenvalue weighted by atomic mass is 32.2. The van der Waals surface area contributed by atoms with Gasteiger partial charge in [-0.25, -0.2) is 17.6 Å². The minimum atomic E-state index is -4.10. The SMILES string of the molecule is O=C(OCC(=O)N1CCCC1)c1ccc(F)c(S(=O)(=O)N2CCOCC2)c1. The summed E-state index contributed by atoms with van der Waals surface area (Å²) in [7, 11) is -4.10. The zero-order valence-corrected chi connectivity index (χ0v) is 15.5. The van der Waals surface area contributed by atoms with Gasteiger partial charge in [0.25, 0.3) is 5.91 Å². The maximum absolute atomic E-state index is 14.2. The summed E-state index contributed by atoms with van der Waals surface area (Å²) in [5, 5.41) is 0. The number of carbonyl (C=O) groups excluding carboxylic acids is 2. The van der Waals surface area contributed by atoms with Crippen LogP contribution in [0.3, 0.4) is 0 Å². The molecule has 0 aliphatic carbocycles. The lowest BCUT2D eigenvalue weighted by atomic mass is 10.2. The van der Waals surface area contributed by atoms with Crippen molar-refractivity contribution in [3.8, 4) is 0 Å². The Morgan fingerprint density at radius 3 is 2.44 bits per heavy atom. The molecule has 1 amide bonds. The van der Waals surface area contributed by atoms with E-state index in [2.05, 4.69) is 0 Å². The number of hydrogen-bond acceptors (Lipinski definition) is 6. The first-order chi connectivity index (χ1) is 12.9. The molecule has 2 aliphatic heterocycles. The molecule has 0 bridgehead atoms. The zero-order valence-electron chi connectivity index (χ0n) is 14.7. The van der Waals surface area contributed by atoms with Crippen LogP contribution < -0.4 is 0 Å². The molecule has 148 valence electrons. The average molecular weight is 400 g/mol. The second kappa shape index (κ2) is 8.32.